The molecule has 3 N–H and O–H groups in total. The van der Waals surface area contributed by atoms with Gasteiger partial charge in [0, 0.05) is 34.4 Å². The van der Waals surface area contributed by atoms with E-state index in [2.05, 4.69) is 70.5 Å². The van der Waals surface area contributed by atoms with E-state index in [1.165, 1.54) is 10.9 Å². The molecule has 4 nitrogen and oxygen atoms in total. The van der Waals surface area contributed by atoms with Crippen molar-refractivity contribution >= 4 is 16.7 Å². The smallest absolute Gasteiger partial charge is 0.273 e. The summed E-state index contributed by atoms with van der Waals surface area (Å²) in [4.78, 5) is 11.5. The number of pyridine rings is 2. The highest BCUT2D eigenvalue weighted by Gasteiger charge is 2.26. The van der Waals surface area contributed by atoms with Gasteiger partial charge in [0.1, 0.15) is 0 Å². The lowest BCUT2D eigenvalue weighted by Crippen LogP contribution is -2.21. The summed E-state index contributed by atoms with van der Waals surface area (Å²) in [5.74, 6) is 0.973. The lowest BCUT2D eigenvalue weighted by molar-refractivity contribution is -0.371. The number of aromatic nitrogens is 3. The molecule has 0 saturated carbocycles. The molecule has 124 valence electrons. The van der Waals surface area contributed by atoms with Gasteiger partial charge in [-0.1, -0.05) is 30.3 Å². The zero-order valence-electron chi connectivity index (χ0n) is 14.4. The summed E-state index contributed by atoms with van der Waals surface area (Å²) >= 11 is 0. The summed E-state index contributed by atoms with van der Waals surface area (Å²) in [5.41, 5.74) is 5.62. The Bertz CT molecular complexity index is 1000. The first-order valence-corrected chi connectivity index (χ1v) is 8.46. The quantitative estimate of drug-likeness (QED) is 0.590. The summed E-state index contributed by atoms with van der Waals surface area (Å²) in [6.07, 6.45) is 1.84. The Morgan fingerprint density at radius 3 is 2.60 bits per heavy atom. The minimum absolute atomic E-state index is 0.0459. The molecule has 0 aliphatic carbocycles. The highest BCUT2D eigenvalue weighted by atomic mass is 15.0. The Morgan fingerprint density at radius 1 is 0.960 bits per heavy atom. The number of aromatic amines is 2. The van der Waals surface area contributed by atoms with Crippen LogP contribution in [0.3, 0.4) is 0 Å². The molecule has 1 aromatic carbocycles. The van der Waals surface area contributed by atoms with Crippen LogP contribution in [0.1, 0.15) is 28.7 Å². The zero-order valence-corrected chi connectivity index (χ0v) is 14.4. The van der Waals surface area contributed by atoms with Gasteiger partial charge in [-0.25, -0.2) is 4.98 Å². The molecular weight excluding hydrogens is 308 g/mol. The molecule has 0 radical (unpaired) electrons. The van der Waals surface area contributed by atoms with E-state index in [4.69, 9.17) is 0 Å². The fourth-order valence-corrected chi connectivity index (χ4v) is 3.34. The van der Waals surface area contributed by atoms with Crippen molar-refractivity contribution in [1.29, 1.82) is 0 Å². The van der Waals surface area contributed by atoms with Crippen LogP contribution >= 0.6 is 0 Å². The Kier molecular flexibility index (Phi) is 3.94. The second-order valence-electron chi connectivity index (χ2n) is 6.29. The van der Waals surface area contributed by atoms with Crippen molar-refractivity contribution in [3.05, 3.63) is 89.5 Å². The maximum Gasteiger partial charge on any atom is 0.273 e. The normalized spacial score (nSPS) is 12.2. The number of para-hydroxylation sites is 1. The van der Waals surface area contributed by atoms with Crippen LogP contribution in [0.2, 0.25) is 0 Å². The molecular formula is C21H21N4+. The first-order valence-electron chi connectivity index (χ1n) is 8.46. The zero-order chi connectivity index (χ0) is 17.2. The second-order valence-corrected chi connectivity index (χ2v) is 6.29. The number of hydrogen-bond donors (Lipinski definition) is 2. The Morgan fingerprint density at radius 2 is 1.80 bits per heavy atom. The minimum Gasteiger partial charge on any atom is -0.358 e. The number of nitrogens with one attached hydrogen (secondary N) is 3. The molecule has 0 spiro atoms. The summed E-state index contributed by atoms with van der Waals surface area (Å²) in [6, 6.07) is 20.5. The van der Waals surface area contributed by atoms with E-state index in [1.807, 2.05) is 30.5 Å². The topological polar surface area (TPSA) is 54.9 Å². The van der Waals surface area contributed by atoms with E-state index in [0.29, 0.717) is 0 Å². The van der Waals surface area contributed by atoms with Crippen LogP contribution in [-0.2, 0) is 0 Å². The van der Waals surface area contributed by atoms with E-state index in [0.717, 1.165) is 28.4 Å². The monoisotopic (exact) mass is 329 g/mol. The third kappa shape index (κ3) is 2.98. The van der Waals surface area contributed by atoms with E-state index >= 15 is 0 Å². The third-order valence-corrected chi connectivity index (χ3v) is 4.46. The fraction of sp³-hybridized carbons (Fsp3) is 0.143. The summed E-state index contributed by atoms with van der Waals surface area (Å²) in [6.45, 7) is 4.17. The summed E-state index contributed by atoms with van der Waals surface area (Å²) < 4.78 is 0. The number of aryl methyl sites for hydroxylation is 2. The van der Waals surface area contributed by atoms with Crippen LogP contribution in [-0.4, -0.2) is 9.97 Å². The molecule has 4 rings (SSSR count). The molecule has 4 aromatic rings. The van der Waals surface area contributed by atoms with Gasteiger partial charge in [-0.05, 0) is 38.1 Å². The minimum atomic E-state index is -0.0459. The molecule has 1 atom stereocenters. The summed E-state index contributed by atoms with van der Waals surface area (Å²) in [5, 5.41) is 4.85. The fourth-order valence-electron chi connectivity index (χ4n) is 3.34. The van der Waals surface area contributed by atoms with E-state index in [1.54, 1.807) is 0 Å². The van der Waals surface area contributed by atoms with Crippen LogP contribution in [0.4, 0.5) is 5.82 Å². The van der Waals surface area contributed by atoms with Gasteiger partial charge in [0.2, 0.25) is 0 Å². The Labute approximate surface area is 147 Å². The molecule has 0 bridgehead atoms. The van der Waals surface area contributed by atoms with E-state index in [9.17, 15) is 0 Å². The Hall–Kier alpha value is -3.14. The molecule has 25 heavy (non-hydrogen) atoms. The lowest BCUT2D eigenvalue weighted by atomic mass is 9.99. The summed E-state index contributed by atoms with van der Waals surface area (Å²) in [7, 11) is 0. The van der Waals surface area contributed by atoms with Gasteiger partial charge in [0.15, 0.2) is 6.04 Å². The molecule has 0 unspecified atom stereocenters. The molecule has 3 aromatic heterocycles. The van der Waals surface area contributed by atoms with Gasteiger partial charge in [-0.3, -0.25) is 10.3 Å². The van der Waals surface area contributed by atoms with Gasteiger partial charge >= 0.3 is 0 Å². The van der Waals surface area contributed by atoms with Crippen molar-refractivity contribution in [3.8, 4) is 0 Å². The van der Waals surface area contributed by atoms with Gasteiger partial charge in [-0.2, -0.15) is 0 Å². The number of anilines is 1. The van der Waals surface area contributed by atoms with Crippen molar-refractivity contribution < 1.29 is 4.98 Å². The SMILES string of the molecule is Cc1cccc(N[C@H](c2ccccn2)c2c(C)[nH]c3ccccc23)[nH+]1. The largest absolute Gasteiger partial charge is 0.358 e. The molecule has 3 heterocycles. The van der Waals surface area contributed by atoms with E-state index < -0.39 is 0 Å². The number of fused-ring (bicyclic) bond motifs is 1. The number of H-pyrrole nitrogens is 2. The van der Waals surface area contributed by atoms with E-state index in [-0.39, 0.29) is 6.04 Å². The molecule has 0 amide bonds. The van der Waals surface area contributed by atoms with Crippen molar-refractivity contribution in [3.63, 3.8) is 0 Å². The lowest BCUT2D eigenvalue weighted by Gasteiger charge is -2.15. The molecule has 0 aliphatic heterocycles. The highest BCUT2D eigenvalue weighted by Crippen LogP contribution is 2.33. The van der Waals surface area contributed by atoms with Gasteiger partial charge < -0.3 is 4.98 Å². The van der Waals surface area contributed by atoms with Crippen LogP contribution in [0, 0.1) is 13.8 Å². The van der Waals surface area contributed by atoms with Crippen LogP contribution in [0.25, 0.3) is 10.9 Å². The highest BCUT2D eigenvalue weighted by molar-refractivity contribution is 5.86. The van der Waals surface area contributed by atoms with Crippen LogP contribution < -0.4 is 10.3 Å². The first-order chi connectivity index (χ1) is 12.2. The van der Waals surface area contributed by atoms with Crippen LogP contribution in [0.5, 0.6) is 0 Å². The maximum atomic E-state index is 4.61. The Balaban J connectivity index is 1.87. The maximum absolute atomic E-state index is 4.61. The van der Waals surface area contributed by atoms with Gasteiger partial charge in [0.25, 0.3) is 5.82 Å². The standard InChI is InChI=1S/C21H20N4/c1-14-8-7-12-19(23-14)25-21(18-11-5-6-13-22-18)20-15(2)24-17-10-4-3-9-16(17)20/h3-13,21,24H,1-2H3,(H,23,25)/p+1/t21-/m1/s1. The van der Waals surface area contributed by atoms with Gasteiger partial charge in [0.05, 0.1) is 11.4 Å². The second kappa shape index (κ2) is 6.40. The molecule has 0 aliphatic rings. The average molecular weight is 329 g/mol. The molecule has 0 fully saturated rings. The van der Waals surface area contributed by atoms with Crippen LogP contribution in [0.15, 0.2) is 66.9 Å². The third-order valence-electron chi connectivity index (χ3n) is 4.46. The van der Waals surface area contributed by atoms with Crippen molar-refractivity contribution in [2.75, 3.05) is 5.32 Å². The van der Waals surface area contributed by atoms with Crippen molar-refractivity contribution in [2.24, 2.45) is 0 Å². The number of benzene rings is 1. The first kappa shape index (κ1) is 15.4. The predicted molar refractivity (Wildman–Crippen MR) is 100 cm³/mol. The molecule has 0 saturated heterocycles. The average Bonchev–Trinajstić information content (AvgIpc) is 2.96. The number of nitrogens with zero attached hydrogens (tertiary/aromatic N) is 1. The van der Waals surface area contributed by atoms with Crippen molar-refractivity contribution in [1.82, 2.24) is 9.97 Å². The predicted octanol–water partition coefficient (Wildman–Crippen LogP) is 4.20. The van der Waals surface area contributed by atoms with Gasteiger partial charge in [-0.15, -0.1) is 0 Å². The van der Waals surface area contributed by atoms with Crippen molar-refractivity contribution in [2.45, 2.75) is 19.9 Å². The molecule has 4 heteroatoms. The number of hydrogen-bond acceptors (Lipinski definition) is 2. The number of rotatable bonds is 4.